The third-order valence-corrected chi connectivity index (χ3v) is 6.91. The second-order valence-electron chi connectivity index (χ2n) is 11.8. The Morgan fingerprint density at radius 1 is 0.822 bits per heavy atom. The summed E-state index contributed by atoms with van der Waals surface area (Å²) >= 11 is 0. The van der Waals surface area contributed by atoms with Crippen molar-refractivity contribution in [3.63, 3.8) is 0 Å². The number of amides is 3. The minimum absolute atomic E-state index is 0.280. The number of aromatic nitrogens is 2. The Balaban J connectivity index is 1.43. The third kappa shape index (κ3) is 10.6. The van der Waals surface area contributed by atoms with Crippen LogP contribution in [0.2, 0.25) is 0 Å². The summed E-state index contributed by atoms with van der Waals surface area (Å²) in [5.74, 6) is -0.0694. The highest BCUT2D eigenvalue weighted by Gasteiger charge is 2.28. The van der Waals surface area contributed by atoms with E-state index in [0.717, 1.165) is 22.3 Å². The predicted octanol–water partition coefficient (Wildman–Crippen LogP) is 5.21. The number of nitrogens with zero attached hydrogens (tertiary/aromatic N) is 2. The van der Waals surface area contributed by atoms with Gasteiger partial charge in [-0.3, -0.25) is 9.59 Å². The van der Waals surface area contributed by atoms with Crippen molar-refractivity contribution in [2.75, 3.05) is 6.54 Å². The monoisotopic (exact) mass is 611 g/mol. The molecule has 1 aromatic heterocycles. The summed E-state index contributed by atoms with van der Waals surface area (Å²) in [6, 6.07) is 25.9. The van der Waals surface area contributed by atoms with E-state index in [1.54, 1.807) is 27.7 Å². The van der Waals surface area contributed by atoms with E-state index < -0.39 is 23.7 Å². The number of aryl methyl sites for hydroxylation is 1. The second-order valence-corrected chi connectivity index (χ2v) is 11.8. The van der Waals surface area contributed by atoms with Crippen LogP contribution in [-0.4, -0.2) is 46.2 Å². The summed E-state index contributed by atoms with van der Waals surface area (Å²) in [5.41, 5.74) is 2.93. The molecule has 0 saturated carbocycles. The molecular formula is C35H41N5O5. The molecule has 3 aromatic carbocycles. The SMILES string of the molecule is Cc1noc(Cc2ccc(CNC(=O)[C@H](CCCNC(=O)OC(C)(C)C)NC(=O)C(c3ccccc3)c3ccccc3)cc2)n1. The van der Waals surface area contributed by atoms with Crippen LogP contribution in [0.15, 0.2) is 89.5 Å². The van der Waals surface area contributed by atoms with Crippen LogP contribution in [0.5, 0.6) is 0 Å². The molecule has 0 aliphatic heterocycles. The zero-order valence-electron chi connectivity index (χ0n) is 26.2. The first kappa shape index (κ1) is 32.9. The minimum atomic E-state index is -0.826. The number of ether oxygens (including phenoxy) is 1. The maximum Gasteiger partial charge on any atom is 0.407 e. The molecule has 4 aromatic rings. The number of carbonyl (C=O) groups excluding carboxylic acids is 3. The van der Waals surface area contributed by atoms with E-state index in [1.807, 2.05) is 84.9 Å². The van der Waals surface area contributed by atoms with Crippen molar-refractivity contribution < 1.29 is 23.6 Å². The summed E-state index contributed by atoms with van der Waals surface area (Å²) < 4.78 is 10.5. The van der Waals surface area contributed by atoms with Crippen LogP contribution < -0.4 is 16.0 Å². The highest BCUT2D eigenvalue weighted by atomic mass is 16.6. The molecule has 0 unspecified atom stereocenters. The van der Waals surface area contributed by atoms with E-state index in [-0.39, 0.29) is 24.9 Å². The summed E-state index contributed by atoms with van der Waals surface area (Å²) in [5, 5.41) is 12.5. The van der Waals surface area contributed by atoms with Gasteiger partial charge in [0.15, 0.2) is 5.82 Å². The van der Waals surface area contributed by atoms with Crippen molar-refractivity contribution in [2.24, 2.45) is 0 Å². The molecule has 10 heteroatoms. The lowest BCUT2D eigenvalue weighted by Crippen LogP contribution is -2.48. The molecule has 4 rings (SSSR count). The Hall–Kier alpha value is -4.99. The first-order valence-corrected chi connectivity index (χ1v) is 15.1. The van der Waals surface area contributed by atoms with Crippen LogP contribution in [0.1, 0.15) is 73.5 Å². The van der Waals surface area contributed by atoms with Gasteiger partial charge in [-0.1, -0.05) is 90.1 Å². The quantitative estimate of drug-likeness (QED) is 0.177. The lowest BCUT2D eigenvalue weighted by molar-refractivity contribution is -0.129. The van der Waals surface area contributed by atoms with Crippen LogP contribution in [0.25, 0.3) is 0 Å². The summed E-state index contributed by atoms with van der Waals surface area (Å²) in [4.78, 5) is 43.7. The number of rotatable bonds is 13. The fraction of sp³-hybridized carbons (Fsp3) is 0.343. The summed E-state index contributed by atoms with van der Waals surface area (Å²) in [7, 11) is 0. The number of hydrogen-bond donors (Lipinski definition) is 3. The van der Waals surface area contributed by atoms with Gasteiger partial charge in [0.25, 0.3) is 0 Å². The number of carbonyl (C=O) groups is 3. The number of benzene rings is 3. The summed E-state index contributed by atoms with van der Waals surface area (Å²) in [6.45, 7) is 7.72. The van der Waals surface area contributed by atoms with Crippen molar-refractivity contribution in [1.82, 2.24) is 26.1 Å². The average molecular weight is 612 g/mol. The molecule has 1 heterocycles. The molecule has 10 nitrogen and oxygen atoms in total. The Morgan fingerprint density at radius 2 is 1.42 bits per heavy atom. The van der Waals surface area contributed by atoms with E-state index in [9.17, 15) is 14.4 Å². The Morgan fingerprint density at radius 3 is 1.98 bits per heavy atom. The van der Waals surface area contributed by atoms with Gasteiger partial charge in [0.05, 0.1) is 12.3 Å². The molecule has 3 amide bonds. The maximum absolute atomic E-state index is 13.8. The molecule has 0 fully saturated rings. The third-order valence-electron chi connectivity index (χ3n) is 6.91. The molecule has 45 heavy (non-hydrogen) atoms. The van der Waals surface area contributed by atoms with Gasteiger partial charge in [0.2, 0.25) is 17.7 Å². The molecule has 236 valence electrons. The van der Waals surface area contributed by atoms with Gasteiger partial charge in [0.1, 0.15) is 11.6 Å². The Bertz CT molecular complexity index is 1490. The Kier molecular flexibility index (Phi) is 11.4. The van der Waals surface area contributed by atoms with Crippen molar-refractivity contribution in [2.45, 2.75) is 71.1 Å². The van der Waals surface area contributed by atoms with Gasteiger partial charge in [-0.05, 0) is 62.8 Å². The van der Waals surface area contributed by atoms with Crippen molar-refractivity contribution in [3.8, 4) is 0 Å². The highest BCUT2D eigenvalue weighted by molar-refractivity contribution is 5.92. The van der Waals surface area contributed by atoms with Gasteiger partial charge in [-0.25, -0.2) is 4.79 Å². The fourth-order valence-electron chi connectivity index (χ4n) is 4.79. The van der Waals surface area contributed by atoms with Crippen molar-refractivity contribution >= 4 is 17.9 Å². The Labute approximate surface area is 264 Å². The number of hydrogen-bond acceptors (Lipinski definition) is 7. The van der Waals surface area contributed by atoms with Gasteiger partial charge in [-0.15, -0.1) is 0 Å². The van der Waals surface area contributed by atoms with E-state index in [2.05, 4.69) is 26.1 Å². The predicted molar refractivity (Wildman–Crippen MR) is 170 cm³/mol. The molecule has 0 aliphatic rings. The van der Waals surface area contributed by atoms with Crippen LogP contribution in [0, 0.1) is 6.92 Å². The molecule has 0 radical (unpaired) electrons. The van der Waals surface area contributed by atoms with Crippen LogP contribution in [-0.2, 0) is 27.3 Å². The first-order chi connectivity index (χ1) is 21.6. The van der Waals surface area contributed by atoms with Gasteiger partial charge >= 0.3 is 6.09 Å². The van der Waals surface area contributed by atoms with Gasteiger partial charge in [0, 0.05) is 13.1 Å². The largest absolute Gasteiger partial charge is 0.444 e. The van der Waals surface area contributed by atoms with Gasteiger partial charge < -0.3 is 25.2 Å². The van der Waals surface area contributed by atoms with Crippen molar-refractivity contribution in [1.29, 1.82) is 0 Å². The van der Waals surface area contributed by atoms with E-state index in [4.69, 9.17) is 9.26 Å². The van der Waals surface area contributed by atoms with E-state index in [1.165, 1.54) is 0 Å². The molecule has 1 atom stereocenters. The summed E-state index contributed by atoms with van der Waals surface area (Å²) in [6.07, 6.45) is 0.746. The molecular weight excluding hydrogens is 570 g/mol. The standard InChI is InChI=1S/C35H41N5O5/c1-24-38-30(45-40-24)22-25-17-19-26(20-18-25)23-37-32(41)29(16-11-21-36-34(43)44-35(2,3)4)39-33(42)31(27-12-7-5-8-13-27)28-14-9-6-10-15-28/h5-10,12-15,17-20,29,31H,11,16,21-23H2,1-4H3,(H,36,43)(H,37,41)(H,39,42)/t29-/m0/s1. The lowest BCUT2D eigenvalue weighted by Gasteiger charge is -2.23. The molecule has 0 spiro atoms. The zero-order chi connectivity index (χ0) is 32.2. The second kappa shape index (κ2) is 15.7. The first-order valence-electron chi connectivity index (χ1n) is 15.1. The number of alkyl carbamates (subject to hydrolysis) is 1. The highest BCUT2D eigenvalue weighted by Crippen LogP contribution is 2.25. The molecule has 0 aliphatic carbocycles. The maximum atomic E-state index is 13.8. The van der Waals surface area contributed by atoms with E-state index in [0.29, 0.717) is 31.0 Å². The van der Waals surface area contributed by atoms with Crippen LogP contribution in [0.4, 0.5) is 4.79 Å². The fourth-order valence-corrected chi connectivity index (χ4v) is 4.79. The van der Waals surface area contributed by atoms with Crippen LogP contribution >= 0.6 is 0 Å². The van der Waals surface area contributed by atoms with Crippen LogP contribution in [0.3, 0.4) is 0 Å². The van der Waals surface area contributed by atoms with E-state index >= 15 is 0 Å². The van der Waals surface area contributed by atoms with Crippen molar-refractivity contribution in [3.05, 3.63) is 119 Å². The molecule has 0 bridgehead atoms. The lowest BCUT2D eigenvalue weighted by atomic mass is 9.90. The average Bonchev–Trinajstić information content (AvgIpc) is 3.42. The molecule has 3 N–H and O–H groups in total. The zero-order valence-corrected chi connectivity index (χ0v) is 26.2. The normalized spacial score (nSPS) is 11.9. The van der Waals surface area contributed by atoms with Gasteiger partial charge in [-0.2, -0.15) is 4.98 Å². The number of nitrogens with one attached hydrogen (secondary N) is 3. The topological polar surface area (TPSA) is 135 Å². The molecule has 0 saturated heterocycles. The minimum Gasteiger partial charge on any atom is -0.444 e. The smallest absolute Gasteiger partial charge is 0.407 e.